The van der Waals surface area contributed by atoms with Crippen LogP contribution in [-0.4, -0.2) is 22.4 Å². The number of anilines is 3. The zero-order valence-electron chi connectivity index (χ0n) is 11.7. The lowest BCUT2D eigenvalue weighted by Crippen LogP contribution is -2.13. The molecule has 0 saturated carbocycles. The van der Waals surface area contributed by atoms with Gasteiger partial charge in [0.25, 0.3) is 5.91 Å². The maximum Gasteiger partial charge on any atom is 0.269 e. The summed E-state index contributed by atoms with van der Waals surface area (Å²) in [6.07, 6.45) is 0. The molecule has 2 aromatic rings. The second-order valence-electron chi connectivity index (χ2n) is 4.30. The Morgan fingerprint density at radius 1 is 1.35 bits per heavy atom. The average molecular weight is 291 g/mol. The van der Waals surface area contributed by atoms with E-state index in [0.29, 0.717) is 15.7 Å². The van der Waals surface area contributed by atoms with E-state index in [2.05, 4.69) is 20.6 Å². The number of nitrogens with one attached hydrogen (secondary N) is 2. The molecule has 0 aliphatic rings. The molecule has 20 heavy (non-hydrogen) atoms. The summed E-state index contributed by atoms with van der Waals surface area (Å²) < 4.78 is 0. The van der Waals surface area contributed by atoms with Crippen LogP contribution in [0, 0.1) is 13.8 Å². The number of nitrogens with two attached hydrogens (primary N) is 1. The Balaban J connectivity index is 2.19. The van der Waals surface area contributed by atoms with Crippen LogP contribution >= 0.6 is 11.3 Å². The third-order valence-electron chi connectivity index (χ3n) is 2.66. The molecule has 2 aromatic heterocycles. The van der Waals surface area contributed by atoms with Crippen molar-refractivity contribution >= 4 is 33.9 Å². The second-order valence-corrected chi connectivity index (χ2v) is 5.30. The number of hydrogen-bond donors (Lipinski definition) is 3. The molecule has 0 radical (unpaired) electrons. The van der Waals surface area contributed by atoms with E-state index in [0.717, 1.165) is 17.9 Å². The van der Waals surface area contributed by atoms with Crippen molar-refractivity contribution in [2.45, 2.75) is 20.8 Å². The molecule has 0 fully saturated rings. The van der Waals surface area contributed by atoms with Crippen molar-refractivity contribution in [1.29, 1.82) is 0 Å². The van der Waals surface area contributed by atoms with Gasteiger partial charge in [-0.05, 0) is 32.9 Å². The second kappa shape index (κ2) is 5.87. The first-order chi connectivity index (χ1) is 9.51. The number of aryl methyl sites for hydroxylation is 2. The minimum atomic E-state index is -0.266. The van der Waals surface area contributed by atoms with Crippen molar-refractivity contribution in [1.82, 2.24) is 9.97 Å². The molecule has 106 valence electrons. The number of nitrogen functional groups attached to an aromatic ring is 1. The van der Waals surface area contributed by atoms with E-state index in [-0.39, 0.29) is 11.7 Å². The Labute approximate surface area is 121 Å². The summed E-state index contributed by atoms with van der Waals surface area (Å²) in [4.78, 5) is 21.0. The van der Waals surface area contributed by atoms with E-state index < -0.39 is 0 Å². The van der Waals surface area contributed by atoms with Crippen LogP contribution in [-0.2, 0) is 0 Å². The smallest absolute Gasteiger partial charge is 0.269 e. The Morgan fingerprint density at radius 3 is 2.75 bits per heavy atom. The summed E-state index contributed by atoms with van der Waals surface area (Å²) in [5, 5.41) is 6.50. The first-order valence-electron chi connectivity index (χ1n) is 6.27. The summed E-state index contributed by atoms with van der Waals surface area (Å²) >= 11 is 1.24. The third-order valence-corrected chi connectivity index (χ3v) is 3.69. The lowest BCUT2D eigenvalue weighted by molar-refractivity contribution is 0.103. The summed E-state index contributed by atoms with van der Waals surface area (Å²) in [5.41, 5.74) is 8.13. The highest BCUT2D eigenvalue weighted by molar-refractivity contribution is 7.18. The van der Waals surface area contributed by atoms with Crippen LogP contribution in [0.25, 0.3) is 0 Å². The maximum atomic E-state index is 12.2. The van der Waals surface area contributed by atoms with Crippen molar-refractivity contribution in [3.05, 3.63) is 28.4 Å². The van der Waals surface area contributed by atoms with Crippen LogP contribution in [0.2, 0.25) is 0 Å². The van der Waals surface area contributed by atoms with E-state index in [1.807, 2.05) is 32.9 Å². The van der Waals surface area contributed by atoms with E-state index in [1.165, 1.54) is 11.3 Å². The molecular formula is C13H17N5OS. The Kier molecular flexibility index (Phi) is 4.19. The van der Waals surface area contributed by atoms with E-state index in [4.69, 9.17) is 5.73 Å². The van der Waals surface area contributed by atoms with Crippen molar-refractivity contribution in [3.63, 3.8) is 0 Å². The molecule has 6 nitrogen and oxygen atoms in total. The molecule has 7 heteroatoms. The van der Waals surface area contributed by atoms with Gasteiger partial charge in [-0.2, -0.15) is 0 Å². The van der Waals surface area contributed by atoms with Gasteiger partial charge < -0.3 is 16.4 Å². The zero-order chi connectivity index (χ0) is 14.7. The van der Waals surface area contributed by atoms with E-state index >= 15 is 0 Å². The van der Waals surface area contributed by atoms with Crippen LogP contribution in [0.15, 0.2) is 12.1 Å². The molecular weight excluding hydrogens is 274 g/mol. The highest BCUT2D eigenvalue weighted by atomic mass is 32.1. The van der Waals surface area contributed by atoms with Crippen molar-refractivity contribution in [2.75, 3.05) is 22.9 Å². The molecule has 0 aromatic carbocycles. The zero-order valence-corrected chi connectivity index (χ0v) is 12.5. The molecule has 4 N–H and O–H groups in total. The fourth-order valence-corrected chi connectivity index (χ4v) is 2.57. The predicted molar refractivity (Wildman–Crippen MR) is 82.4 cm³/mol. The van der Waals surface area contributed by atoms with Crippen molar-refractivity contribution in [2.24, 2.45) is 0 Å². The summed E-state index contributed by atoms with van der Waals surface area (Å²) in [6.45, 7) is 6.44. The molecule has 0 saturated heterocycles. The molecule has 0 aliphatic carbocycles. The molecule has 2 rings (SSSR count). The first kappa shape index (κ1) is 14.3. The van der Waals surface area contributed by atoms with Crippen LogP contribution < -0.4 is 16.4 Å². The number of hydrogen-bond acceptors (Lipinski definition) is 6. The Bertz CT molecular complexity index is 638. The predicted octanol–water partition coefficient (Wildman–Crippen LogP) is 2.42. The minimum absolute atomic E-state index is 0.237. The molecule has 0 spiro atoms. The van der Waals surface area contributed by atoms with Gasteiger partial charge in [0.15, 0.2) is 5.13 Å². The molecule has 0 aliphatic heterocycles. The van der Waals surface area contributed by atoms with Gasteiger partial charge in [0.2, 0.25) is 0 Å². The lowest BCUT2D eigenvalue weighted by Gasteiger charge is -2.07. The summed E-state index contributed by atoms with van der Waals surface area (Å²) in [7, 11) is 0. The molecule has 2 heterocycles. The van der Waals surface area contributed by atoms with Gasteiger partial charge >= 0.3 is 0 Å². The highest BCUT2D eigenvalue weighted by Gasteiger charge is 2.17. The van der Waals surface area contributed by atoms with Gasteiger partial charge in [-0.1, -0.05) is 11.3 Å². The van der Waals surface area contributed by atoms with Crippen LogP contribution in [0.4, 0.5) is 16.6 Å². The van der Waals surface area contributed by atoms with Crippen LogP contribution in [0.1, 0.15) is 28.0 Å². The van der Waals surface area contributed by atoms with Gasteiger partial charge in [0, 0.05) is 12.2 Å². The number of carbonyl (C=O) groups excluding carboxylic acids is 1. The molecule has 0 atom stereocenters. The van der Waals surface area contributed by atoms with Gasteiger partial charge in [0.1, 0.15) is 10.7 Å². The van der Waals surface area contributed by atoms with E-state index in [1.54, 1.807) is 0 Å². The maximum absolute atomic E-state index is 12.2. The van der Waals surface area contributed by atoms with Gasteiger partial charge in [-0.25, -0.2) is 4.98 Å². The number of aromatic nitrogens is 2. The molecule has 0 bridgehead atoms. The third kappa shape index (κ3) is 3.05. The summed E-state index contributed by atoms with van der Waals surface area (Å²) in [6, 6.07) is 3.68. The number of nitrogens with zero attached hydrogens (tertiary/aromatic N) is 2. The monoisotopic (exact) mass is 291 g/mol. The number of carbonyl (C=O) groups is 1. The number of amides is 1. The molecule has 0 unspecified atom stereocenters. The quantitative estimate of drug-likeness (QED) is 0.804. The van der Waals surface area contributed by atoms with E-state index in [9.17, 15) is 4.79 Å². The fourth-order valence-electron chi connectivity index (χ4n) is 1.72. The summed E-state index contributed by atoms with van der Waals surface area (Å²) in [5.74, 6) is -0.0286. The normalized spacial score (nSPS) is 10.3. The number of rotatable bonds is 4. The number of pyridine rings is 1. The Morgan fingerprint density at radius 2 is 2.10 bits per heavy atom. The standard InChI is InChI=1S/C13H17N5OS/c1-4-15-13-18-11(14)10(20-13)12(19)17-9-6-5-7(2)16-8(9)3/h5-6H,4,14H2,1-3H3,(H,15,18)(H,17,19). The van der Waals surface area contributed by atoms with Gasteiger partial charge in [-0.15, -0.1) is 0 Å². The van der Waals surface area contributed by atoms with Crippen LogP contribution in [0.3, 0.4) is 0 Å². The van der Waals surface area contributed by atoms with Crippen molar-refractivity contribution < 1.29 is 4.79 Å². The van der Waals surface area contributed by atoms with Gasteiger partial charge in [-0.3, -0.25) is 9.78 Å². The first-order valence-corrected chi connectivity index (χ1v) is 7.08. The highest BCUT2D eigenvalue weighted by Crippen LogP contribution is 2.26. The largest absolute Gasteiger partial charge is 0.382 e. The fraction of sp³-hybridized carbons (Fsp3) is 0.308. The van der Waals surface area contributed by atoms with Crippen LogP contribution in [0.5, 0.6) is 0 Å². The topological polar surface area (TPSA) is 92.9 Å². The SMILES string of the molecule is CCNc1nc(N)c(C(=O)Nc2ccc(C)nc2C)s1. The number of thiazole rings is 1. The average Bonchev–Trinajstić information content (AvgIpc) is 2.74. The van der Waals surface area contributed by atoms with Crippen molar-refractivity contribution in [3.8, 4) is 0 Å². The molecule has 1 amide bonds. The minimum Gasteiger partial charge on any atom is -0.382 e. The Hall–Kier alpha value is -2.15. The van der Waals surface area contributed by atoms with Gasteiger partial charge in [0.05, 0.1) is 11.4 Å². The lowest BCUT2D eigenvalue weighted by atomic mass is 10.2.